The van der Waals surface area contributed by atoms with Gasteiger partial charge in [0.15, 0.2) is 6.29 Å². The number of nitrogens with zero attached hydrogens (tertiary/aromatic N) is 2. The fourth-order valence-corrected chi connectivity index (χ4v) is 1.28. The van der Waals surface area contributed by atoms with Crippen LogP contribution in [-0.4, -0.2) is 54.6 Å². The van der Waals surface area contributed by atoms with Crippen LogP contribution in [0.3, 0.4) is 0 Å². The van der Waals surface area contributed by atoms with E-state index in [2.05, 4.69) is 20.9 Å². The van der Waals surface area contributed by atoms with Gasteiger partial charge in [0, 0.05) is 7.11 Å². The smallest absolute Gasteiger partial charge is 0.444 e. The molecule has 1 aliphatic rings. The lowest BCUT2D eigenvalue weighted by molar-refractivity contribution is -0.153. The zero-order chi connectivity index (χ0) is 12.1. The van der Waals surface area contributed by atoms with Gasteiger partial charge in [0.2, 0.25) is 0 Å². The molecule has 0 radical (unpaired) electrons. The standard InChI is InChI=1S/C7H13N3O6/c1-14-6-5(12)4(11)3(16-6)2-15-7(13)9-10-8/h3-6,11-12H,2H2,1H3,(H2,8,9,13)/t3-,4-,5-,6-/m1/s1. The predicted molar refractivity (Wildman–Crippen MR) is 48.1 cm³/mol. The SMILES string of the molecule is CO[C@@H]1O[C@H](COC(=O)N=NN)[C@@H](O)[C@H]1O. The largest absolute Gasteiger partial charge is 0.453 e. The van der Waals surface area contributed by atoms with Crippen LogP contribution in [0, 0.1) is 0 Å². The van der Waals surface area contributed by atoms with Crippen LogP contribution < -0.4 is 5.84 Å². The van der Waals surface area contributed by atoms with E-state index in [9.17, 15) is 15.0 Å². The van der Waals surface area contributed by atoms with Gasteiger partial charge in [-0.2, -0.15) is 0 Å². The first kappa shape index (κ1) is 12.8. The summed E-state index contributed by atoms with van der Waals surface area (Å²) in [5.41, 5.74) is 0. The van der Waals surface area contributed by atoms with Gasteiger partial charge in [0.25, 0.3) is 0 Å². The number of hydrogen-bond acceptors (Lipinski definition) is 7. The fraction of sp³-hybridized carbons (Fsp3) is 0.857. The van der Waals surface area contributed by atoms with E-state index in [0.717, 1.165) is 0 Å². The van der Waals surface area contributed by atoms with Gasteiger partial charge in [0.05, 0.1) is 0 Å². The Labute approximate surface area is 90.8 Å². The molecule has 0 aromatic carbocycles. The number of amides is 1. The highest BCUT2D eigenvalue weighted by Gasteiger charge is 2.43. The van der Waals surface area contributed by atoms with E-state index in [1.807, 2.05) is 0 Å². The highest BCUT2D eigenvalue weighted by atomic mass is 16.7. The minimum atomic E-state index is -1.20. The second kappa shape index (κ2) is 5.70. The van der Waals surface area contributed by atoms with Gasteiger partial charge in [-0.15, -0.1) is 0 Å². The van der Waals surface area contributed by atoms with Crippen molar-refractivity contribution >= 4 is 6.09 Å². The van der Waals surface area contributed by atoms with Crippen molar-refractivity contribution in [2.45, 2.75) is 24.6 Å². The molecule has 0 aliphatic carbocycles. The van der Waals surface area contributed by atoms with Crippen LogP contribution in [0.5, 0.6) is 0 Å². The topological polar surface area (TPSA) is 136 Å². The Morgan fingerprint density at radius 2 is 2.19 bits per heavy atom. The monoisotopic (exact) mass is 235 g/mol. The summed E-state index contributed by atoms with van der Waals surface area (Å²) in [6.07, 6.45) is -5.22. The second-order valence-corrected chi connectivity index (χ2v) is 3.05. The lowest BCUT2D eigenvalue weighted by Crippen LogP contribution is -2.35. The average molecular weight is 235 g/mol. The Bertz CT molecular complexity index is 273. The van der Waals surface area contributed by atoms with Crippen molar-refractivity contribution in [1.82, 2.24) is 0 Å². The molecule has 92 valence electrons. The molecule has 1 fully saturated rings. The summed E-state index contributed by atoms with van der Waals surface area (Å²) in [6.45, 7) is -0.282. The van der Waals surface area contributed by atoms with Crippen LogP contribution in [0.15, 0.2) is 10.3 Å². The third kappa shape index (κ3) is 2.85. The van der Waals surface area contributed by atoms with Crippen LogP contribution in [-0.2, 0) is 14.2 Å². The molecule has 1 heterocycles. The minimum absolute atomic E-state index is 0.282. The molecule has 0 aromatic rings. The molecule has 0 unspecified atom stereocenters. The van der Waals surface area contributed by atoms with Gasteiger partial charge in [0.1, 0.15) is 24.9 Å². The molecule has 0 spiro atoms. The zero-order valence-corrected chi connectivity index (χ0v) is 8.52. The summed E-state index contributed by atoms with van der Waals surface area (Å²) in [5.74, 6) is 4.62. The number of methoxy groups -OCH3 is 1. The van der Waals surface area contributed by atoms with Crippen molar-refractivity contribution in [2.75, 3.05) is 13.7 Å². The van der Waals surface area contributed by atoms with Gasteiger partial charge in [-0.1, -0.05) is 10.3 Å². The minimum Gasteiger partial charge on any atom is -0.444 e. The molecule has 0 bridgehead atoms. The van der Waals surface area contributed by atoms with Gasteiger partial charge >= 0.3 is 6.09 Å². The maximum absolute atomic E-state index is 10.7. The third-order valence-electron chi connectivity index (χ3n) is 2.06. The first-order valence-corrected chi connectivity index (χ1v) is 4.42. The third-order valence-corrected chi connectivity index (χ3v) is 2.06. The van der Waals surface area contributed by atoms with Gasteiger partial charge < -0.3 is 30.3 Å². The first-order valence-electron chi connectivity index (χ1n) is 4.42. The summed E-state index contributed by atoms with van der Waals surface area (Å²) in [4.78, 5) is 10.7. The van der Waals surface area contributed by atoms with Crippen molar-refractivity contribution in [3.63, 3.8) is 0 Å². The number of ether oxygens (including phenoxy) is 3. The Kier molecular flexibility index (Phi) is 4.55. The maximum atomic E-state index is 10.7. The van der Waals surface area contributed by atoms with Crippen LogP contribution in [0.4, 0.5) is 4.79 Å². The van der Waals surface area contributed by atoms with Gasteiger partial charge in [-0.3, -0.25) is 0 Å². The molecule has 4 N–H and O–H groups in total. The fourth-order valence-electron chi connectivity index (χ4n) is 1.28. The van der Waals surface area contributed by atoms with Crippen molar-refractivity contribution in [2.24, 2.45) is 16.2 Å². The molecule has 1 amide bonds. The van der Waals surface area contributed by atoms with E-state index in [-0.39, 0.29) is 6.61 Å². The molecular weight excluding hydrogens is 222 g/mol. The average Bonchev–Trinajstić information content (AvgIpc) is 2.54. The Morgan fingerprint density at radius 1 is 1.50 bits per heavy atom. The highest BCUT2D eigenvalue weighted by Crippen LogP contribution is 2.21. The summed E-state index contributed by atoms with van der Waals surface area (Å²) >= 11 is 0. The van der Waals surface area contributed by atoms with E-state index in [0.29, 0.717) is 0 Å². The lowest BCUT2D eigenvalue weighted by Gasteiger charge is -2.12. The van der Waals surface area contributed by atoms with Crippen LogP contribution in [0.2, 0.25) is 0 Å². The summed E-state index contributed by atoms with van der Waals surface area (Å²) in [7, 11) is 1.32. The Morgan fingerprint density at radius 3 is 2.69 bits per heavy atom. The number of hydrogen-bond donors (Lipinski definition) is 3. The van der Waals surface area contributed by atoms with E-state index >= 15 is 0 Å². The highest BCUT2D eigenvalue weighted by molar-refractivity contribution is 5.67. The summed E-state index contributed by atoms with van der Waals surface area (Å²) in [5, 5.41) is 24.5. The molecular formula is C7H13N3O6. The van der Waals surface area contributed by atoms with Crippen molar-refractivity contribution < 1.29 is 29.2 Å². The molecule has 1 aliphatic heterocycles. The van der Waals surface area contributed by atoms with Gasteiger partial charge in [-0.05, 0) is 0 Å². The lowest BCUT2D eigenvalue weighted by atomic mass is 10.1. The predicted octanol–water partition coefficient (Wildman–Crippen LogP) is -1.46. The van der Waals surface area contributed by atoms with E-state index in [4.69, 9.17) is 9.47 Å². The molecule has 0 saturated carbocycles. The summed E-state index contributed by atoms with van der Waals surface area (Å²) < 4.78 is 14.4. The molecule has 4 atom stereocenters. The van der Waals surface area contributed by atoms with Crippen LogP contribution in [0.1, 0.15) is 0 Å². The van der Waals surface area contributed by atoms with Crippen LogP contribution in [0.25, 0.3) is 0 Å². The molecule has 0 aromatic heterocycles. The van der Waals surface area contributed by atoms with Crippen LogP contribution >= 0.6 is 0 Å². The second-order valence-electron chi connectivity index (χ2n) is 3.05. The molecule has 16 heavy (non-hydrogen) atoms. The van der Waals surface area contributed by atoms with Crippen molar-refractivity contribution in [1.29, 1.82) is 0 Å². The summed E-state index contributed by atoms with van der Waals surface area (Å²) in [6, 6.07) is 0. The van der Waals surface area contributed by atoms with E-state index in [1.165, 1.54) is 7.11 Å². The zero-order valence-electron chi connectivity index (χ0n) is 8.52. The van der Waals surface area contributed by atoms with Gasteiger partial charge in [-0.25, -0.2) is 4.79 Å². The van der Waals surface area contributed by atoms with E-state index < -0.39 is 30.7 Å². The number of aliphatic hydroxyl groups excluding tert-OH is 2. The number of rotatable bonds is 3. The normalized spacial score (nSPS) is 34.4. The molecule has 1 saturated heterocycles. The number of nitrogens with two attached hydrogens (primary N) is 1. The number of aliphatic hydroxyl groups is 2. The molecule has 9 heteroatoms. The number of carbonyl (C=O) groups excluding carboxylic acids is 1. The molecule has 9 nitrogen and oxygen atoms in total. The Hall–Kier alpha value is -1.29. The Balaban J connectivity index is 2.41. The van der Waals surface area contributed by atoms with E-state index in [1.54, 1.807) is 0 Å². The maximum Gasteiger partial charge on any atom is 0.453 e. The molecule has 1 rings (SSSR count). The van der Waals surface area contributed by atoms with Crippen molar-refractivity contribution in [3.8, 4) is 0 Å². The number of carbonyl (C=O) groups is 1. The quantitative estimate of drug-likeness (QED) is 0.309. The first-order chi connectivity index (χ1) is 7.60. The van der Waals surface area contributed by atoms with Crippen molar-refractivity contribution in [3.05, 3.63) is 0 Å².